The number of carboxylic acids is 1. The molecular weight excluding hydrogens is 270 g/mol. The Bertz CT molecular complexity index is 515. The smallest absolute Gasteiger partial charge is 0.335 e. The van der Waals surface area contributed by atoms with Gasteiger partial charge in [-0.1, -0.05) is 12.1 Å². The van der Waals surface area contributed by atoms with Gasteiger partial charge in [0.15, 0.2) is 0 Å². The van der Waals surface area contributed by atoms with E-state index in [4.69, 9.17) is 9.84 Å². The van der Waals surface area contributed by atoms with Gasteiger partial charge in [0.05, 0.1) is 17.8 Å². The lowest BCUT2D eigenvalue weighted by Gasteiger charge is -2.11. The van der Waals surface area contributed by atoms with Crippen LogP contribution in [0.2, 0.25) is 0 Å². The Morgan fingerprint density at radius 2 is 2.19 bits per heavy atom. The number of carbonyl (C=O) groups excluding carboxylic acids is 1. The van der Waals surface area contributed by atoms with E-state index in [0.717, 1.165) is 24.8 Å². The molecule has 2 unspecified atom stereocenters. The number of nitrogens with one attached hydrogen (secondary N) is 1. The van der Waals surface area contributed by atoms with Gasteiger partial charge >= 0.3 is 5.97 Å². The monoisotopic (exact) mass is 291 g/mol. The van der Waals surface area contributed by atoms with Gasteiger partial charge in [-0.2, -0.15) is 0 Å². The average molecular weight is 291 g/mol. The van der Waals surface area contributed by atoms with Crippen molar-refractivity contribution in [1.82, 2.24) is 5.32 Å². The van der Waals surface area contributed by atoms with Gasteiger partial charge in [-0.3, -0.25) is 4.79 Å². The van der Waals surface area contributed by atoms with Crippen LogP contribution in [0.4, 0.5) is 0 Å². The SMILES string of the molecule is CC1CCC(CCC(=O)NCc2cccc(C(=O)O)c2)O1. The summed E-state index contributed by atoms with van der Waals surface area (Å²) in [5, 5.41) is 11.7. The molecule has 1 heterocycles. The van der Waals surface area contributed by atoms with Crippen molar-refractivity contribution in [2.45, 2.75) is 51.4 Å². The Hall–Kier alpha value is -1.88. The molecule has 2 N–H and O–H groups in total. The maximum absolute atomic E-state index is 11.8. The first-order valence-electron chi connectivity index (χ1n) is 7.29. The second-order valence-corrected chi connectivity index (χ2v) is 5.47. The molecule has 0 bridgehead atoms. The minimum Gasteiger partial charge on any atom is -0.478 e. The zero-order chi connectivity index (χ0) is 15.2. The molecule has 1 aromatic carbocycles. The Balaban J connectivity index is 1.73. The average Bonchev–Trinajstić information content (AvgIpc) is 2.89. The van der Waals surface area contributed by atoms with Gasteiger partial charge in [0, 0.05) is 13.0 Å². The van der Waals surface area contributed by atoms with Crippen LogP contribution in [0, 0.1) is 0 Å². The summed E-state index contributed by atoms with van der Waals surface area (Å²) < 4.78 is 5.67. The second-order valence-electron chi connectivity index (χ2n) is 5.47. The number of hydrogen-bond donors (Lipinski definition) is 2. The van der Waals surface area contributed by atoms with E-state index >= 15 is 0 Å². The molecule has 1 saturated heterocycles. The maximum atomic E-state index is 11.8. The molecule has 1 amide bonds. The summed E-state index contributed by atoms with van der Waals surface area (Å²) in [5.41, 5.74) is 1.02. The third-order valence-corrected chi connectivity index (χ3v) is 3.68. The van der Waals surface area contributed by atoms with Gasteiger partial charge in [-0.25, -0.2) is 4.79 Å². The van der Waals surface area contributed by atoms with E-state index in [1.807, 2.05) is 0 Å². The van der Waals surface area contributed by atoms with Gasteiger partial charge in [0.25, 0.3) is 0 Å². The first-order chi connectivity index (χ1) is 10.0. The van der Waals surface area contributed by atoms with E-state index in [9.17, 15) is 9.59 Å². The Morgan fingerprint density at radius 3 is 2.86 bits per heavy atom. The number of aromatic carboxylic acids is 1. The van der Waals surface area contributed by atoms with Crippen molar-refractivity contribution in [2.24, 2.45) is 0 Å². The van der Waals surface area contributed by atoms with Gasteiger partial charge in [0.2, 0.25) is 5.91 Å². The summed E-state index contributed by atoms with van der Waals surface area (Å²) >= 11 is 0. The van der Waals surface area contributed by atoms with E-state index in [2.05, 4.69) is 12.2 Å². The summed E-state index contributed by atoms with van der Waals surface area (Å²) in [4.78, 5) is 22.7. The Morgan fingerprint density at radius 1 is 1.38 bits per heavy atom. The van der Waals surface area contributed by atoms with E-state index < -0.39 is 5.97 Å². The predicted octanol–water partition coefficient (Wildman–Crippen LogP) is 2.35. The fraction of sp³-hybridized carbons (Fsp3) is 0.500. The van der Waals surface area contributed by atoms with Crippen LogP contribution >= 0.6 is 0 Å². The predicted molar refractivity (Wildman–Crippen MR) is 78.1 cm³/mol. The van der Waals surface area contributed by atoms with Crippen LogP contribution in [0.25, 0.3) is 0 Å². The number of carboxylic acid groups (broad SMARTS) is 1. The van der Waals surface area contributed by atoms with Crippen molar-refractivity contribution in [3.05, 3.63) is 35.4 Å². The van der Waals surface area contributed by atoms with Crippen LogP contribution in [0.1, 0.15) is 48.5 Å². The van der Waals surface area contributed by atoms with E-state index in [1.165, 1.54) is 6.07 Å². The topological polar surface area (TPSA) is 75.6 Å². The summed E-state index contributed by atoms with van der Waals surface area (Å²) in [6, 6.07) is 6.59. The quantitative estimate of drug-likeness (QED) is 0.843. The van der Waals surface area contributed by atoms with Crippen LogP contribution in [-0.2, 0) is 16.1 Å². The first-order valence-corrected chi connectivity index (χ1v) is 7.29. The van der Waals surface area contributed by atoms with Crippen molar-refractivity contribution in [2.75, 3.05) is 0 Å². The van der Waals surface area contributed by atoms with Crippen molar-refractivity contribution < 1.29 is 19.4 Å². The summed E-state index contributed by atoms with van der Waals surface area (Å²) in [5.74, 6) is -0.991. The molecule has 1 aliphatic rings. The molecule has 5 nitrogen and oxygen atoms in total. The lowest BCUT2D eigenvalue weighted by molar-refractivity contribution is -0.122. The molecule has 0 saturated carbocycles. The van der Waals surface area contributed by atoms with Crippen molar-refractivity contribution >= 4 is 11.9 Å². The highest BCUT2D eigenvalue weighted by atomic mass is 16.5. The van der Waals surface area contributed by atoms with Gasteiger partial charge in [-0.15, -0.1) is 0 Å². The number of benzene rings is 1. The minimum absolute atomic E-state index is 0.0288. The largest absolute Gasteiger partial charge is 0.478 e. The van der Waals surface area contributed by atoms with Gasteiger partial charge in [0.1, 0.15) is 0 Å². The lowest BCUT2D eigenvalue weighted by Crippen LogP contribution is -2.24. The van der Waals surface area contributed by atoms with Crippen molar-refractivity contribution in [1.29, 1.82) is 0 Å². The third-order valence-electron chi connectivity index (χ3n) is 3.68. The standard InChI is InChI=1S/C16H21NO4/c1-11-5-6-14(21-11)7-8-15(18)17-10-12-3-2-4-13(9-12)16(19)20/h2-4,9,11,14H,5-8,10H2,1H3,(H,17,18)(H,19,20). The number of rotatable bonds is 6. The number of ether oxygens (including phenoxy) is 1. The fourth-order valence-electron chi connectivity index (χ4n) is 2.49. The van der Waals surface area contributed by atoms with Crippen LogP contribution in [0.15, 0.2) is 24.3 Å². The van der Waals surface area contributed by atoms with E-state index in [0.29, 0.717) is 19.1 Å². The van der Waals surface area contributed by atoms with Crippen molar-refractivity contribution in [3.63, 3.8) is 0 Å². The Kier molecular flexibility index (Phi) is 5.33. The zero-order valence-electron chi connectivity index (χ0n) is 12.2. The molecule has 5 heteroatoms. The minimum atomic E-state index is -0.962. The lowest BCUT2D eigenvalue weighted by atomic mass is 10.1. The number of carbonyl (C=O) groups is 2. The molecule has 2 atom stereocenters. The zero-order valence-corrected chi connectivity index (χ0v) is 12.2. The highest BCUT2D eigenvalue weighted by molar-refractivity contribution is 5.87. The molecule has 21 heavy (non-hydrogen) atoms. The molecule has 0 aliphatic carbocycles. The van der Waals surface area contributed by atoms with E-state index in [1.54, 1.807) is 18.2 Å². The molecule has 0 aromatic heterocycles. The van der Waals surface area contributed by atoms with Crippen LogP contribution in [-0.4, -0.2) is 29.2 Å². The van der Waals surface area contributed by atoms with Crippen LogP contribution in [0.5, 0.6) is 0 Å². The molecule has 1 aromatic rings. The molecule has 1 aliphatic heterocycles. The van der Waals surface area contributed by atoms with Crippen LogP contribution < -0.4 is 5.32 Å². The molecule has 114 valence electrons. The number of hydrogen-bond acceptors (Lipinski definition) is 3. The highest BCUT2D eigenvalue weighted by Gasteiger charge is 2.22. The van der Waals surface area contributed by atoms with Crippen LogP contribution in [0.3, 0.4) is 0 Å². The second kappa shape index (κ2) is 7.22. The molecular formula is C16H21NO4. The summed E-state index contributed by atoms with van der Waals surface area (Å²) in [6.07, 6.45) is 3.77. The van der Waals surface area contributed by atoms with Gasteiger partial charge in [-0.05, 0) is 43.9 Å². The van der Waals surface area contributed by atoms with Crippen molar-refractivity contribution in [3.8, 4) is 0 Å². The summed E-state index contributed by atoms with van der Waals surface area (Å²) in [7, 11) is 0. The fourth-order valence-corrected chi connectivity index (χ4v) is 2.49. The molecule has 1 fully saturated rings. The maximum Gasteiger partial charge on any atom is 0.335 e. The normalized spacial score (nSPS) is 21.2. The molecule has 0 radical (unpaired) electrons. The van der Waals surface area contributed by atoms with E-state index in [-0.39, 0.29) is 17.6 Å². The summed E-state index contributed by atoms with van der Waals surface area (Å²) in [6.45, 7) is 2.40. The number of amides is 1. The molecule has 2 rings (SSSR count). The van der Waals surface area contributed by atoms with Gasteiger partial charge < -0.3 is 15.2 Å². The third kappa shape index (κ3) is 4.86. The first kappa shape index (κ1) is 15.5. The Labute approximate surface area is 124 Å². The molecule has 0 spiro atoms. The highest BCUT2D eigenvalue weighted by Crippen LogP contribution is 2.22.